The summed E-state index contributed by atoms with van der Waals surface area (Å²) in [7, 11) is 0. The molecule has 0 bridgehead atoms. The van der Waals surface area contributed by atoms with Crippen molar-refractivity contribution in [2.45, 2.75) is 39.5 Å². The standard InChI is InChI=1S/C15H20N4O2/c1-11(2)21-14-6-5-13(9-16-14)15(20)18-12(3)10-19-8-4-7-17-19/h4-9,11-12H,10H2,1-3H3,(H,18,20)/t12-/m0/s1. The van der Waals surface area contributed by atoms with Crippen LogP contribution in [0.25, 0.3) is 0 Å². The molecular weight excluding hydrogens is 268 g/mol. The fourth-order valence-corrected chi connectivity index (χ4v) is 1.87. The highest BCUT2D eigenvalue weighted by atomic mass is 16.5. The van der Waals surface area contributed by atoms with Crippen molar-refractivity contribution in [2.75, 3.05) is 0 Å². The Morgan fingerprint density at radius 2 is 2.19 bits per heavy atom. The van der Waals surface area contributed by atoms with Crippen LogP contribution in [0.15, 0.2) is 36.8 Å². The fourth-order valence-electron chi connectivity index (χ4n) is 1.87. The maximum atomic E-state index is 12.1. The van der Waals surface area contributed by atoms with Crippen LogP contribution in [0, 0.1) is 0 Å². The van der Waals surface area contributed by atoms with E-state index in [0.29, 0.717) is 18.0 Å². The minimum atomic E-state index is -0.154. The van der Waals surface area contributed by atoms with E-state index in [0.717, 1.165) is 0 Å². The van der Waals surface area contributed by atoms with Gasteiger partial charge >= 0.3 is 0 Å². The number of hydrogen-bond donors (Lipinski definition) is 1. The van der Waals surface area contributed by atoms with Crippen LogP contribution in [0.5, 0.6) is 5.88 Å². The average molecular weight is 288 g/mol. The number of hydrogen-bond acceptors (Lipinski definition) is 4. The second-order valence-corrected chi connectivity index (χ2v) is 5.15. The quantitative estimate of drug-likeness (QED) is 0.881. The smallest absolute Gasteiger partial charge is 0.253 e. The van der Waals surface area contributed by atoms with Crippen molar-refractivity contribution in [1.82, 2.24) is 20.1 Å². The van der Waals surface area contributed by atoms with E-state index < -0.39 is 0 Å². The minimum absolute atomic E-state index is 0.0241. The molecule has 0 spiro atoms. The lowest BCUT2D eigenvalue weighted by Gasteiger charge is -2.14. The molecule has 1 atom stereocenters. The van der Waals surface area contributed by atoms with E-state index in [1.807, 2.05) is 33.0 Å². The first-order chi connectivity index (χ1) is 10.0. The fraction of sp³-hybridized carbons (Fsp3) is 0.400. The third-order valence-electron chi connectivity index (χ3n) is 2.75. The van der Waals surface area contributed by atoms with Crippen LogP contribution in [0.1, 0.15) is 31.1 Å². The van der Waals surface area contributed by atoms with E-state index in [2.05, 4.69) is 15.4 Å². The van der Waals surface area contributed by atoms with Gasteiger partial charge in [-0.15, -0.1) is 0 Å². The first-order valence-corrected chi connectivity index (χ1v) is 6.95. The molecule has 0 radical (unpaired) electrons. The molecule has 0 aliphatic carbocycles. The summed E-state index contributed by atoms with van der Waals surface area (Å²) in [6.45, 7) is 6.42. The largest absolute Gasteiger partial charge is 0.475 e. The molecule has 0 aliphatic rings. The van der Waals surface area contributed by atoms with Gasteiger partial charge < -0.3 is 10.1 Å². The molecule has 2 aromatic heterocycles. The van der Waals surface area contributed by atoms with E-state index in [4.69, 9.17) is 4.74 Å². The third kappa shape index (κ3) is 4.59. The van der Waals surface area contributed by atoms with E-state index in [-0.39, 0.29) is 18.1 Å². The van der Waals surface area contributed by atoms with Crippen molar-refractivity contribution in [3.63, 3.8) is 0 Å². The van der Waals surface area contributed by atoms with Gasteiger partial charge in [-0.25, -0.2) is 4.98 Å². The van der Waals surface area contributed by atoms with Gasteiger partial charge in [-0.1, -0.05) is 0 Å². The Hall–Kier alpha value is -2.37. The SMILES string of the molecule is CC(C)Oc1ccc(C(=O)N[C@@H](C)Cn2cccn2)cn1. The Bertz CT molecular complexity index is 564. The van der Waals surface area contributed by atoms with Crippen molar-refractivity contribution in [3.05, 3.63) is 42.4 Å². The average Bonchev–Trinajstić information content (AvgIpc) is 2.91. The maximum Gasteiger partial charge on any atom is 0.253 e. The summed E-state index contributed by atoms with van der Waals surface area (Å²) in [5, 5.41) is 7.03. The Balaban J connectivity index is 1.90. The molecule has 0 saturated carbocycles. The molecule has 6 nitrogen and oxygen atoms in total. The zero-order chi connectivity index (χ0) is 15.2. The zero-order valence-electron chi connectivity index (χ0n) is 12.5. The number of carbonyl (C=O) groups is 1. The lowest BCUT2D eigenvalue weighted by Crippen LogP contribution is -2.35. The van der Waals surface area contributed by atoms with Crippen LogP contribution in [-0.2, 0) is 6.54 Å². The van der Waals surface area contributed by atoms with E-state index in [9.17, 15) is 4.79 Å². The minimum Gasteiger partial charge on any atom is -0.475 e. The van der Waals surface area contributed by atoms with Crippen LogP contribution in [0.2, 0.25) is 0 Å². The second-order valence-electron chi connectivity index (χ2n) is 5.15. The number of ether oxygens (including phenoxy) is 1. The predicted octanol–water partition coefficient (Wildman–Crippen LogP) is 1.88. The molecular formula is C15H20N4O2. The van der Waals surface area contributed by atoms with Crippen molar-refractivity contribution >= 4 is 5.91 Å². The monoisotopic (exact) mass is 288 g/mol. The first-order valence-electron chi connectivity index (χ1n) is 6.95. The first kappa shape index (κ1) is 15.0. The highest BCUT2D eigenvalue weighted by molar-refractivity contribution is 5.94. The van der Waals surface area contributed by atoms with Crippen LogP contribution < -0.4 is 10.1 Å². The number of amides is 1. The lowest BCUT2D eigenvalue weighted by atomic mass is 10.2. The van der Waals surface area contributed by atoms with E-state index >= 15 is 0 Å². The van der Waals surface area contributed by atoms with E-state index in [1.165, 1.54) is 6.20 Å². The summed E-state index contributed by atoms with van der Waals surface area (Å²) in [5.74, 6) is 0.365. The highest BCUT2D eigenvalue weighted by Crippen LogP contribution is 2.09. The maximum absolute atomic E-state index is 12.1. The molecule has 0 unspecified atom stereocenters. The van der Waals surface area contributed by atoms with Crippen molar-refractivity contribution < 1.29 is 9.53 Å². The van der Waals surface area contributed by atoms with Gasteiger partial charge in [-0.2, -0.15) is 5.10 Å². The summed E-state index contributed by atoms with van der Waals surface area (Å²) in [5.41, 5.74) is 0.512. The van der Waals surface area contributed by atoms with Gasteiger partial charge in [-0.3, -0.25) is 9.48 Å². The highest BCUT2D eigenvalue weighted by Gasteiger charge is 2.11. The number of rotatable bonds is 6. The molecule has 0 aliphatic heterocycles. The molecule has 2 aromatic rings. The van der Waals surface area contributed by atoms with Gasteiger partial charge in [0.15, 0.2) is 0 Å². The molecule has 1 N–H and O–H groups in total. The molecule has 2 rings (SSSR count). The lowest BCUT2D eigenvalue weighted by molar-refractivity contribution is 0.0935. The Morgan fingerprint density at radius 3 is 2.76 bits per heavy atom. The number of pyridine rings is 1. The molecule has 1 amide bonds. The van der Waals surface area contributed by atoms with Crippen molar-refractivity contribution in [3.8, 4) is 5.88 Å². The summed E-state index contributed by atoms with van der Waals surface area (Å²) >= 11 is 0. The topological polar surface area (TPSA) is 69.0 Å². The van der Waals surface area contributed by atoms with Crippen LogP contribution >= 0.6 is 0 Å². The summed E-state index contributed by atoms with van der Waals surface area (Å²) in [4.78, 5) is 16.2. The van der Waals surface area contributed by atoms with Gasteiger partial charge in [-0.05, 0) is 32.9 Å². The van der Waals surface area contributed by atoms with Crippen LogP contribution in [0.4, 0.5) is 0 Å². The van der Waals surface area contributed by atoms with Crippen LogP contribution in [-0.4, -0.2) is 32.8 Å². The Labute approximate surface area is 124 Å². The molecule has 0 aromatic carbocycles. The molecule has 0 saturated heterocycles. The van der Waals surface area contributed by atoms with Crippen molar-refractivity contribution in [2.24, 2.45) is 0 Å². The molecule has 112 valence electrons. The second kappa shape index (κ2) is 6.88. The molecule has 0 fully saturated rings. The number of aromatic nitrogens is 3. The van der Waals surface area contributed by atoms with Gasteiger partial charge in [0, 0.05) is 30.7 Å². The molecule has 21 heavy (non-hydrogen) atoms. The number of carbonyl (C=O) groups excluding carboxylic acids is 1. The summed E-state index contributed by atoms with van der Waals surface area (Å²) in [6, 6.07) is 5.24. The summed E-state index contributed by atoms with van der Waals surface area (Å²) in [6.07, 6.45) is 5.16. The van der Waals surface area contributed by atoms with Crippen LogP contribution in [0.3, 0.4) is 0 Å². The predicted molar refractivity (Wildman–Crippen MR) is 79.2 cm³/mol. The van der Waals surface area contributed by atoms with Crippen molar-refractivity contribution in [1.29, 1.82) is 0 Å². The van der Waals surface area contributed by atoms with E-state index in [1.54, 1.807) is 23.0 Å². The Morgan fingerprint density at radius 1 is 1.38 bits per heavy atom. The number of nitrogens with zero attached hydrogens (tertiary/aromatic N) is 3. The normalized spacial score (nSPS) is 12.2. The van der Waals surface area contributed by atoms with Gasteiger partial charge in [0.05, 0.1) is 18.2 Å². The zero-order valence-corrected chi connectivity index (χ0v) is 12.5. The third-order valence-corrected chi connectivity index (χ3v) is 2.75. The Kier molecular flexibility index (Phi) is 4.92. The number of nitrogens with one attached hydrogen (secondary N) is 1. The molecule has 6 heteroatoms. The van der Waals surface area contributed by atoms with Gasteiger partial charge in [0.25, 0.3) is 5.91 Å². The summed E-state index contributed by atoms with van der Waals surface area (Å²) < 4.78 is 7.23. The molecule has 2 heterocycles. The van der Waals surface area contributed by atoms with Gasteiger partial charge in [0.1, 0.15) is 0 Å². The van der Waals surface area contributed by atoms with Gasteiger partial charge in [0.2, 0.25) is 5.88 Å².